The Morgan fingerprint density at radius 1 is 1.91 bits per heavy atom. The lowest BCUT2D eigenvalue weighted by Crippen LogP contribution is -2.26. The van der Waals surface area contributed by atoms with Gasteiger partial charge in [-0.25, -0.2) is 0 Å². The highest BCUT2D eigenvalue weighted by molar-refractivity contribution is 5.78. The van der Waals surface area contributed by atoms with E-state index < -0.39 is 0 Å². The van der Waals surface area contributed by atoms with E-state index in [9.17, 15) is 4.79 Å². The molecular formula is C6H8N3O2+. The number of hydrogen-bond donors (Lipinski definition) is 2. The molecule has 1 fully saturated rings. The monoisotopic (exact) mass is 154 g/mol. The summed E-state index contributed by atoms with van der Waals surface area (Å²) in [5, 5.41) is 19.6. The molecule has 1 aliphatic rings. The molecule has 1 amide bonds. The Hall–Kier alpha value is -1.57. The summed E-state index contributed by atoms with van der Waals surface area (Å²) in [6.45, 7) is 0. The van der Waals surface area contributed by atoms with Crippen molar-refractivity contribution in [2.75, 3.05) is 0 Å². The summed E-state index contributed by atoms with van der Waals surface area (Å²) in [6.07, 6.45) is 1.88. The Morgan fingerprint density at radius 3 is 3.09 bits per heavy atom. The molecular weight excluding hydrogens is 146 g/mol. The molecule has 5 heteroatoms. The molecule has 1 aliphatic heterocycles. The zero-order chi connectivity index (χ0) is 8.27. The van der Waals surface area contributed by atoms with Gasteiger partial charge in [0.05, 0.1) is 6.04 Å². The third-order valence-corrected chi connectivity index (χ3v) is 1.54. The third kappa shape index (κ3) is 1.67. The Morgan fingerprint density at radius 2 is 2.64 bits per heavy atom. The number of hydrogen-bond acceptors (Lipinski definition) is 3. The number of rotatable bonds is 1. The summed E-state index contributed by atoms with van der Waals surface area (Å²) in [5.41, 5.74) is 0. The van der Waals surface area contributed by atoms with Crippen LogP contribution in [0.4, 0.5) is 0 Å². The van der Waals surface area contributed by atoms with E-state index in [4.69, 9.17) is 10.5 Å². The summed E-state index contributed by atoms with van der Waals surface area (Å²) in [6, 6.07) is -0.376. The van der Waals surface area contributed by atoms with Crippen LogP contribution in [0, 0.1) is 5.39 Å². The van der Waals surface area contributed by atoms with Crippen molar-refractivity contribution in [2.45, 2.75) is 18.9 Å². The van der Waals surface area contributed by atoms with Crippen LogP contribution in [0.1, 0.15) is 12.8 Å². The zero-order valence-corrected chi connectivity index (χ0v) is 5.82. The topological polar surface area (TPSA) is 77.5 Å². The number of carbonyl (C=O) groups is 1. The quantitative estimate of drug-likeness (QED) is 0.427. The van der Waals surface area contributed by atoms with Crippen LogP contribution in [0.25, 0.3) is 4.98 Å². The fourth-order valence-corrected chi connectivity index (χ4v) is 0.985. The molecule has 1 saturated heterocycles. The lowest BCUT2D eigenvalue weighted by Gasteiger charge is -2.02. The minimum absolute atomic E-state index is 0.0899. The maximum atomic E-state index is 10.6. The first kappa shape index (κ1) is 7.54. The van der Waals surface area contributed by atoms with Gasteiger partial charge in [0.2, 0.25) is 17.1 Å². The smallest absolute Gasteiger partial charge is 0.389 e. The van der Waals surface area contributed by atoms with Gasteiger partial charge in [-0.05, 0) is 6.42 Å². The molecule has 1 unspecified atom stereocenters. The molecule has 1 heterocycles. The molecule has 11 heavy (non-hydrogen) atoms. The van der Waals surface area contributed by atoms with E-state index >= 15 is 0 Å². The molecule has 0 bridgehead atoms. The maximum absolute atomic E-state index is 10.6. The van der Waals surface area contributed by atoms with Gasteiger partial charge in [-0.15, -0.1) is 0 Å². The van der Waals surface area contributed by atoms with Crippen LogP contribution in [-0.4, -0.2) is 17.1 Å². The van der Waals surface area contributed by atoms with Crippen LogP contribution in [0.15, 0.2) is 12.0 Å². The molecule has 0 radical (unpaired) electrons. The van der Waals surface area contributed by atoms with Crippen molar-refractivity contribution in [3.05, 3.63) is 16.9 Å². The average Bonchev–Trinajstić information content (AvgIpc) is 2.36. The second-order valence-electron chi connectivity index (χ2n) is 2.33. The Kier molecular flexibility index (Phi) is 2.06. The normalized spacial score (nSPS) is 24.5. The summed E-state index contributed by atoms with van der Waals surface area (Å²) < 4.78 is 0. The molecule has 0 aliphatic carbocycles. The standard InChI is InChI=1S/C6H7N3O2/c7-8-3-5(10)4-1-2-6(11)9-4/h3-4H,1-2H2,(H-,9,10,11)/p+1. The van der Waals surface area contributed by atoms with E-state index in [1.807, 2.05) is 0 Å². The molecule has 0 aromatic heterocycles. The first-order valence-electron chi connectivity index (χ1n) is 3.26. The Bertz CT molecular complexity index is 241. The highest BCUT2D eigenvalue weighted by atomic mass is 16.3. The minimum atomic E-state index is -0.376. The maximum Gasteiger partial charge on any atom is 0.389 e. The second kappa shape index (κ2) is 3.01. The van der Waals surface area contributed by atoms with Gasteiger partial charge in [0.1, 0.15) is 0 Å². The number of aliphatic hydroxyl groups excluding tert-OH is 1. The van der Waals surface area contributed by atoms with Gasteiger partial charge >= 0.3 is 6.20 Å². The van der Waals surface area contributed by atoms with Gasteiger partial charge in [-0.1, -0.05) is 0 Å². The molecule has 5 nitrogen and oxygen atoms in total. The number of carbonyl (C=O) groups excluding carboxylic acids is 1. The molecule has 0 spiro atoms. The summed E-state index contributed by atoms with van der Waals surface area (Å²) in [5.74, 6) is -0.203. The van der Waals surface area contributed by atoms with E-state index in [2.05, 4.69) is 10.3 Å². The summed E-state index contributed by atoms with van der Waals surface area (Å²) in [7, 11) is 0. The predicted octanol–water partition coefficient (Wildman–Crippen LogP) is 0.517. The number of nitrogens with one attached hydrogen (secondary N) is 1. The second-order valence-corrected chi connectivity index (χ2v) is 2.33. The zero-order valence-electron chi connectivity index (χ0n) is 5.82. The van der Waals surface area contributed by atoms with Crippen LogP contribution in [0.2, 0.25) is 0 Å². The van der Waals surface area contributed by atoms with Gasteiger partial charge < -0.3 is 10.4 Å². The van der Waals surface area contributed by atoms with Crippen molar-refractivity contribution in [3.63, 3.8) is 0 Å². The molecule has 0 aromatic rings. The van der Waals surface area contributed by atoms with Gasteiger partial charge in [-0.3, -0.25) is 4.79 Å². The molecule has 1 atom stereocenters. The molecule has 0 saturated carbocycles. The molecule has 2 N–H and O–H groups in total. The number of nitrogens with zero attached hydrogens (tertiary/aromatic N) is 2. The van der Waals surface area contributed by atoms with E-state index in [-0.39, 0.29) is 17.7 Å². The Balaban J connectivity index is 2.58. The van der Waals surface area contributed by atoms with E-state index in [0.717, 1.165) is 6.20 Å². The van der Waals surface area contributed by atoms with E-state index in [0.29, 0.717) is 12.8 Å². The van der Waals surface area contributed by atoms with Crippen LogP contribution in [0.5, 0.6) is 0 Å². The predicted molar refractivity (Wildman–Crippen MR) is 37.0 cm³/mol. The van der Waals surface area contributed by atoms with Crippen molar-refractivity contribution in [2.24, 2.45) is 0 Å². The van der Waals surface area contributed by atoms with Crippen molar-refractivity contribution in [1.82, 2.24) is 5.32 Å². The van der Waals surface area contributed by atoms with Crippen molar-refractivity contribution >= 4 is 5.91 Å². The van der Waals surface area contributed by atoms with E-state index in [1.54, 1.807) is 0 Å². The molecule has 0 aromatic carbocycles. The first-order chi connectivity index (χ1) is 5.24. The minimum Gasteiger partial charge on any atom is -0.504 e. The van der Waals surface area contributed by atoms with Gasteiger partial charge in [0.15, 0.2) is 4.98 Å². The Labute approximate surface area is 63.3 Å². The summed E-state index contributed by atoms with van der Waals surface area (Å²) in [4.78, 5) is 13.3. The van der Waals surface area contributed by atoms with Crippen LogP contribution >= 0.6 is 0 Å². The van der Waals surface area contributed by atoms with Gasteiger partial charge in [0, 0.05) is 6.42 Å². The summed E-state index contributed by atoms with van der Waals surface area (Å²) >= 11 is 0. The number of aliphatic hydroxyl groups is 1. The number of diazo groups is 1. The highest BCUT2D eigenvalue weighted by Gasteiger charge is 2.25. The van der Waals surface area contributed by atoms with Crippen molar-refractivity contribution in [1.29, 1.82) is 5.39 Å². The van der Waals surface area contributed by atoms with Gasteiger partial charge in [0.25, 0.3) is 0 Å². The van der Waals surface area contributed by atoms with Crippen LogP contribution < -0.4 is 5.32 Å². The van der Waals surface area contributed by atoms with E-state index in [1.165, 1.54) is 0 Å². The number of amides is 1. The first-order valence-corrected chi connectivity index (χ1v) is 3.26. The lowest BCUT2D eigenvalue weighted by molar-refractivity contribution is -0.119. The average molecular weight is 154 g/mol. The highest BCUT2D eigenvalue weighted by Crippen LogP contribution is 2.12. The SMILES string of the molecule is N#[N+]C=C(O)C1CCC(=O)N1. The fraction of sp³-hybridized carbons (Fsp3) is 0.500. The lowest BCUT2D eigenvalue weighted by atomic mass is 10.2. The van der Waals surface area contributed by atoms with Crippen LogP contribution in [-0.2, 0) is 4.79 Å². The van der Waals surface area contributed by atoms with Crippen molar-refractivity contribution in [3.8, 4) is 0 Å². The van der Waals surface area contributed by atoms with Gasteiger partial charge in [-0.2, -0.15) is 0 Å². The molecule has 1 rings (SSSR count). The van der Waals surface area contributed by atoms with Crippen LogP contribution in [0.3, 0.4) is 0 Å². The molecule has 58 valence electrons. The fourth-order valence-electron chi connectivity index (χ4n) is 0.985. The largest absolute Gasteiger partial charge is 0.504 e. The third-order valence-electron chi connectivity index (χ3n) is 1.54. The van der Waals surface area contributed by atoms with Crippen molar-refractivity contribution < 1.29 is 9.90 Å².